The van der Waals surface area contributed by atoms with Gasteiger partial charge < -0.3 is 0 Å². The van der Waals surface area contributed by atoms with Crippen molar-refractivity contribution in [2.75, 3.05) is 0 Å². The van der Waals surface area contributed by atoms with E-state index in [4.69, 9.17) is 15.0 Å². The minimum atomic E-state index is -0.0295. The summed E-state index contributed by atoms with van der Waals surface area (Å²) in [6.45, 7) is 0. The van der Waals surface area contributed by atoms with Crippen molar-refractivity contribution in [3.63, 3.8) is 0 Å². The van der Waals surface area contributed by atoms with Gasteiger partial charge in [-0.05, 0) is 58.4 Å². The smallest absolute Gasteiger partial charge is 0.164 e. The average molecular weight is 567 g/mol. The second kappa shape index (κ2) is 10.7. The fraction of sp³-hybridized carbons (Fsp3) is 0.150. The number of fused-ring (bicyclic) bond motifs is 5. The van der Waals surface area contributed by atoms with Crippen LogP contribution in [0.2, 0.25) is 0 Å². The van der Waals surface area contributed by atoms with Crippen molar-refractivity contribution < 1.29 is 0 Å². The Bertz CT molecular complexity index is 2030. The number of nitrogens with zero attached hydrogens (tertiary/aromatic N) is 4. The lowest BCUT2D eigenvalue weighted by atomic mass is 9.67. The van der Waals surface area contributed by atoms with Crippen LogP contribution in [0, 0.1) is 11.3 Å². The molecule has 0 aliphatic heterocycles. The van der Waals surface area contributed by atoms with E-state index in [2.05, 4.69) is 84.9 Å². The number of hydrogen-bond donors (Lipinski definition) is 0. The summed E-state index contributed by atoms with van der Waals surface area (Å²) in [5, 5.41) is 9.84. The molecule has 2 aliphatic rings. The zero-order chi connectivity index (χ0) is 29.5. The molecule has 4 nitrogen and oxygen atoms in total. The molecule has 0 unspecified atom stereocenters. The van der Waals surface area contributed by atoms with Crippen LogP contribution in [-0.2, 0) is 5.41 Å². The van der Waals surface area contributed by atoms with Gasteiger partial charge in [0.25, 0.3) is 0 Å². The van der Waals surface area contributed by atoms with Gasteiger partial charge in [-0.3, -0.25) is 0 Å². The summed E-state index contributed by atoms with van der Waals surface area (Å²) in [6, 6.07) is 44.2. The molecule has 2 aliphatic carbocycles. The predicted octanol–water partition coefficient (Wildman–Crippen LogP) is 9.64. The first kappa shape index (κ1) is 26.2. The number of nitriles is 1. The lowest BCUT2D eigenvalue weighted by molar-refractivity contribution is 0.353. The van der Waals surface area contributed by atoms with Crippen molar-refractivity contribution in [3.8, 4) is 62.5 Å². The Hall–Kier alpha value is -5.40. The summed E-state index contributed by atoms with van der Waals surface area (Å²) in [6.07, 6.45) is 5.91. The molecule has 6 aromatic rings. The van der Waals surface area contributed by atoms with Gasteiger partial charge in [0.15, 0.2) is 17.5 Å². The van der Waals surface area contributed by atoms with E-state index in [0.29, 0.717) is 23.0 Å². The first-order valence-electron chi connectivity index (χ1n) is 15.4. The first-order chi connectivity index (χ1) is 21.7. The number of hydrogen-bond acceptors (Lipinski definition) is 4. The van der Waals surface area contributed by atoms with Gasteiger partial charge in [-0.1, -0.05) is 128 Å². The highest BCUT2D eigenvalue weighted by molar-refractivity contribution is 5.92. The van der Waals surface area contributed by atoms with Crippen LogP contribution in [-0.4, -0.2) is 15.0 Å². The second-order valence-electron chi connectivity index (χ2n) is 11.9. The van der Waals surface area contributed by atoms with Crippen LogP contribution >= 0.6 is 0 Å². The molecule has 44 heavy (non-hydrogen) atoms. The van der Waals surface area contributed by atoms with E-state index in [0.717, 1.165) is 46.2 Å². The van der Waals surface area contributed by atoms with Crippen molar-refractivity contribution in [2.24, 2.45) is 0 Å². The van der Waals surface area contributed by atoms with E-state index >= 15 is 0 Å². The Morgan fingerprint density at radius 3 is 1.77 bits per heavy atom. The minimum Gasteiger partial charge on any atom is -0.208 e. The van der Waals surface area contributed by atoms with E-state index in [1.165, 1.54) is 36.0 Å². The Labute approximate surface area is 257 Å². The van der Waals surface area contributed by atoms with Crippen LogP contribution in [0.5, 0.6) is 0 Å². The molecule has 1 heterocycles. The van der Waals surface area contributed by atoms with Gasteiger partial charge in [-0.25, -0.2) is 15.0 Å². The normalized spacial score (nSPS) is 14.5. The van der Waals surface area contributed by atoms with Gasteiger partial charge in [0.05, 0.1) is 11.6 Å². The molecule has 5 aromatic carbocycles. The zero-order valence-electron chi connectivity index (χ0n) is 24.4. The van der Waals surface area contributed by atoms with E-state index in [-0.39, 0.29) is 5.41 Å². The summed E-state index contributed by atoms with van der Waals surface area (Å²) in [7, 11) is 0. The van der Waals surface area contributed by atoms with E-state index in [1.54, 1.807) is 0 Å². The Balaban J connectivity index is 1.33. The van der Waals surface area contributed by atoms with Gasteiger partial charge in [0.1, 0.15) is 0 Å². The third-order valence-corrected chi connectivity index (χ3v) is 9.38. The van der Waals surface area contributed by atoms with Gasteiger partial charge >= 0.3 is 0 Å². The molecule has 4 heteroatoms. The third kappa shape index (κ3) is 4.32. The molecule has 8 rings (SSSR count). The van der Waals surface area contributed by atoms with Crippen molar-refractivity contribution >= 4 is 0 Å². The molecule has 0 N–H and O–H groups in total. The summed E-state index contributed by atoms with van der Waals surface area (Å²) in [5.41, 5.74) is 10.8. The summed E-state index contributed by atoms with van der Waals surface area (Å²) < 4.78 is 0. The summed E-state index contributed by atoms with van der Waals surface area (Å²) in [4.78, 5) is 15.2. The molecule has 1 spiro atoms. The summed E-state index contributed by atoms with van der Waals surface area (Å²) in [5.74, 6) is 1.94. The molecular formula is C40H30N4. The van der Waals surface area contributed by atoms with Gasteiger partial charge in [-0.2, -0.15) is 5.26 Å². The van der Waals surface area contributed by atoms with Crippen LogP contribution in [0.4, 0.5) is 0 Å². The van der Waals surface area contributed by atoms with Gasteiger partial charge in [0.2, 0.25) is 0 Å². The Morgan fingerprint density at radius 2 is 1.09 bits per heavy atom. The van der Waals surface area contributed by atoms with Crippen molar-refractivity contribution in [3.05, 3.63) is 138 Å². The van der Waals surface area contributed by atoms with Crippen LogP contribution in [0.25, 0.3) is 56.4 Å². The lowest BCUT2D eigenvalue weighted by Gasteiger charge is -2.36. The molecule has 0 radical (unpaired) electrons. The maximum absolute atomic E-state index is 9.84. The predicted molar refractivity (Wildman–Crippen MR) is 176 cm³/mol. The molecule has 1 saturated carbocycles. The van der Waals surface area contributed by atoms with Gasteiger partial charge in [-0.15, -0.1) is 0 Å². The van der Waals surface area contributed by atoms with Crippen molar-refractivity contribution in [2.45, 2.75) is 37.5 Å². The van der Waals surface area contributed by atoms with Gasteiger partial charge in [0, 0.05) is 22.1 Å². The lowest BCUT2D eigenvalue weighted by Crippen LogP contribution is -2.28. The van der Waals surface area contributed by atoms with Crippen LogP contribution in [0.1, 0.15) is 48.8 Å². The molecule has 210 valence electrons. The van der Waals surface area contributed by atoms with E-state index in [1.807, 2.05) is 42.5 Å². The number of rotatable bonds is 4. The fourth-order valence-electron chi connectivity index (χ4n) is 7.29. The highest BCUT2D eigenvalue weighted by Gasteiger charge is 2.44. The molecule has 0 saturated heterocycles. The SMILES string of the molecule is N#Cc1ccc2c(c1)-c1c(-c3nc(-c4ccccc4)nc(-c4ccc(-c5ccccc5)cc4)n3)cccc1C21CCCCC1. The van der Waals surface area contributed by atoms with E-state index < -0.39 is 0 Å². The second-order valence-corrected chi connectivity index (χ2v) is 11.9. The fourth-order valence-corrected chi connectivity index (χ4v) is 7.29. The summed E-state index contributed by atoms with van der Waals surface area (Å²) >= 11 is 0. The quantitative estimate of drug-likeness (QED) is 0.213. The maximum atomic E-state index is 9.84. The van der Waals surface area contributed by atoms with Crippen LogP contribution in [0.3, 0.4) is 0 Å². The molecule has 0 bridgehead atoms. The van der Waals surface area contributed by atoms with Crippen molar-refractivity contribution in [1.29, 1.82) is 5.26 Å². The Kier molecular flexibility index (Phi) is 6.38. The van der Waals surface area contributed by atoms with E-state index in [9.17, 15) is 5.26 Å². The molecule has 1 fully saturated rings. The average Bonchev–Trinajstić information content (AvgIpc) is 3.37. The minimum absolute atomic E-state index is 0.0295. The molecule has 1 aromatic heterocycles. The third-order valence-electron chi connectivity index (χ3n) is 9.38. The highest BCUT2D eigenvalue weighted by atomic mass is 15.0. The largest absolute Gasteiger partial charge is 0.208 e. The highest BCUT2D eigenvalue weighted by Crippen LogP contribution is 2.57. The number of benzene rings is 5. The number of aromatic nitrogens is 3. The topological polar surface area (TPSA) is 62.5 Å². The first-order valence-corrected chi connectivity index (χ1v) is 15.4. The molecular weight excluding hydrogens is 536 g/mol. The monoisotopic (exact) mass is 566 g/mol. The zero-order valence-corrected chi connectivity index (χ0v) is 24.4. The Morgan fingerprint density at radius 1 is 0.500 bits per heavy atom. The van der Waals surface area contributed by atoms with Crippen molar-refractivity contribution in [1.82, 2.24) is 15.0 Å². The molecule has 0 amide bonds. The maximum Gasteiger partial charge on any atom is 0.164 e. The van der Waals surface area contributed by atoms with Crippen LogP contribution in [0.15, 0.2) is 121 Å². The standard InChI is InChI=1S/C40H30N4/c41-26-27-17-22-34-33(25-27)36-32(15-10-16-35(36)40(34)23-8-3-9-24-40)39-43-37(30-13-6-2-7-14-30)42-38(44-39)31-20-18-29(19-21-31)28-11-4-1-5-12-28/h1-2,4-7,10-22,25H,3,8-9,23-24H2. The molecule has 0 atom stereocenters. The van der Waals surface area contributed by atoms with Crippen LogP contribution < -0.4 is 0 Å².